The Kier molecular flexibility index (Phi) is 5.19. The molecular weight excluding hydrogens is 216 g/mol. The number of allylic oxidation sites excluding steroid dienone is 1. The molecular formula is C14H24O3. The molecule has 1 aliphatic rings. The summed E-state index contributed by atoms with van der Waals surface area (Å²) in [6.45, 7) is 6.65. The summed E-state index contributed by atoms with van der Waals surface area (Å²) < 4.78 is 5.68. The predicted molar refractivity (Wildman–Crippen MR) is 68.0 cm³/mol. The molecule has 0 heterocycles. The predicted octanol–water partition coefficient (Wildman–Crippen LogP) is 3.39. The largest absolute Gasteiger partial charge is 0.513 e. The third-order valence-corrected chi connectivity index (χ3v) is 3.01. The fourth-order valence-corrected chi connectivity index (χ4v) is 2.32. The van der Waals surface area contributed by atoms with E-state index >= 15 is 0 Å². The van der Waals surface area contributed by atoms with Crippen molar-refractivity contribution in [3.63, 3.8) is 0 Å². The van der Waals surface area contributed by atoms with Gasteiger partial charge in [-0.2, -0.15) is 0 Å². The van der Waals surface area contributed by atoms with E-state index in [0.29, 0.717) is 31.6 Å². The SMILES string of the molecule is CCCC(=O)CCOC1CC(O)=CC(C)(C)C1. The number of rotatable bonds is 6. The molecule has 1 unspecified atom stereocenters. The number of hydrogen-bond acceptors (Lipinski definition) is 3. The van der Waals surface area contributed by atoms with Gasteiger partial charge < -0.3 is 9.84 Å². The van der Waals surface area contributed by atoms with E-state index in [4.69, 9.17) is 4.74 Å². The highest BCUT2D eigenvalue weighted by Gasteiger charge is 2.28. The number of ketones is 1. The summed E-state index contributed by atoms with van der Waals surface area (Å²) in [6.07, 6.45) is 5.46. The Morgan fingerprint density at radius 3 is 2.82 bits per heavy atom. The average molecular weight is 240 g/mol. The van der Waals surface area contributed by atoms with Crippen LogP contribution in [0.15, 0.2) is 11.8 Å². The highest BCUT2D eigenvalue weighted by Crippen LogP contribution is 2.33. The molecule has 0 aromatic carbocycles. The number of carbonyl (C=O) groups is 1. The zero-order chi connectivity index (χ0) is 12.9. The zero-order valence-corrected chi connectivity index (χ0v) is 11.2. The molecule has 0 aliphatic heterocycles. The number of Topliss-reactive ketones (excluding diaryl/α,β-unsaturated/α-hetero) is 1. The maximum absolute atomic E-state index is 11.3. The minimum atomic E-state index is -0.0135. The number of carbonyl (C=O) groups excluding carboxylic acids is 1. The monoisotopic (exact) mass is 240 g/mol. The third kappa shape index (κ3) is 5.35. The van der Waals surface area contributed by atoms with E-state index < -0.39 is 0 Å². The number of aliphatic hydroxyl groups excluding tert-OH is 1. The fraction of sp³-hybridized carbons (Fsp3) is 0.786. The minimum absolute atomic E-state index is 0.0135. The normalized spacial score (nSPS) is 23.2. The van der Waals surface area contributed by atoms with Crippen molar-refractivity contribution in [2.75, 3.05) is 6.61 Å². The Hall–Kier alpha value is -0.830. The van der Waals surface area contributed by atoms with Gasteiger partial charge in [0.15, 0.2) is 0 Å². The summed E-state index contributed by atoms with van der Waals surface area (Å²) in [5, 5.41) is 9.62. The summed E-state index contributed by atoms with van der Waals surface area (Å²) >= 11 is 0. The van der Waals surface area contributed by atoms with Crippen molar-refractivity contribution in [3.05, 3.63) is 11.8 Å². The summed E-state index contributed by atoms with van der Waals surface area (Å²) in [5.74, 6) is 0.675. The lowest BCUT2D eigenvalue weighted by molar-refractivity contribution is -0.120. The van der Waals surface area contributed by atoms with Crippen LogP contribution in [0.25, 0.3) is 0 Å². The molecule has 0 bridgehead atoms. The minimum Gasteiger partial charge on any atom is -0.513 e. The molecule has 17 heavy (non-hydrogen) atoms. The van der Waals surface area contributed by atoms with Gasteiger partial charge in [-0.25, -0.2) is 0 Å². The van der Waals surface area contributed by atoms with Gasteiger partial charge in [0.25, 0.3) is 0 Å². The van der Waals surface area contributed by atoms with E-state index in [9.17, 15) is 9.90 Å². The Morgan fingerprint density at radius 1 is 1.53 bits per heavy atom. The first-order valence-electron chi connectivity index (χ1n) is 6.47. The summed E-state index contributed by atoms with van der Waals surface area (Å²) in [7, 11) is 0. The molecule has 0 amide bonds. The van der Waals surface area contributed by atoms with Gasteiger partial charge in [0.05, 0.1) is 18.5 Å². The maximum atomic E-state index is 11.3. The molecule has 0 fully saturated rings. The van der Waals surface area contributed by atoms with Gasteiger partial charge in [0, 0.05) is 19.3 Å². The lowest BCUT2D eigenvalue weighted by Crippen LogP contribution is -2.27. The molecule has 1 atom stereocenters. The van der Waals surface area contributed by atoms with E-state index in [1.54, 1.807) is 0 Å². The average Bonchev–Trinajstić information content (AvgIpc) is 2.14. The van der Waals surface area contributed by atoms with Crippen molar-refractivity contribution in [2.45, 2.75) is 59.0 Å². The van der Waals surface area contributed by atoms with Crippen LogP contribution in [0.1, 0.15) is 52.9 Å². The van der Waals surface area contributed by atoms with Crippen LogP contribution in [0, 0.1) is 5.41 Å². The van der Waals surface area contributed by atoms with Crippen LogP contribution in [0.3, 0.4) is 0 Å². The van der Waals surface area contributed by atoms with Crippen molar-refractivity contribution >= 4 is 5.78 Å². The summed E-state index contributed by atoms with van der Waals surface area (Å²) in [6, 6.07) is 0. The van der Waals surface area contributed by atoms with E-state index in [1.807, 2.05) is 13.0 Å². The quantitative estimate of drug-likeness (QED) is 0.774. The first-order chi connectivity index (χ1) is 7.93. The van der Waals surface area contributed by atoms with Crippen LogP contribution >= 0.6 is 0 Å². The molecule has 98 valence electrons. The van der Waals surface area contributed by atoms with Gasteiger partial charge in [0.2, 0.25) is 0 Å². The Bertz CT molecular complexity index is 292. The van der Waals surface area contributed by atoms with E-state index in [2.05, 4.69) is 13.8 Å². The van der Waals surface area contributed by atoms with Crippen LogP contribution in [0.5, 0.6) is 0 Å². The molecule has 0 saturated heterocycles. The Labute approximate surface area is 104 Å². The smallest absolute Gasteiger partial charge is 0.135 e. The Balaban J connectivity index is 2.29. The molecule has 3 nitrogen and oxygen atoms in total. The fourth-order valence-electron chi connectivity index (χ4n) is 2.32. The Morgan fingerprint density at radius 2 is 2.24 bits per heavy atom. The first kappa shape index (κ1) is 14.2. The number of ether oxygens (including phenoxy) is 1. The number of hydrogen-bond donors (Lipinski definition) is 1. The van der Waals surface area contributed by atoms with Crippen molar-refractivity contribution in [3.8, 4) is 0 Å². The van der Waals surface area contributed by atoms with Gasteiger partial charge in [-0.3, -0.25) is 4.79 Å². The van der Waals surface area contributed by atoms with Crippen LogP contribution in [0.2, 0.25) is 0 Å². The standard InChI is InChI=1S/C14H24O3/c1-4-5-11(15)6-7-17-13-8-12(16)9-14(2,3)10-13/h9,13,16H,4-8,10H2,1-3H3. The highest BCUT2D eigenvalue weighted by atomic mass is 16.5. The molecule has 0 aromatic rings. The lowest BCUT2D eigenvalue weighted by Gasteiger charge is -2.31. The molecule has 1 N–H and O–H groups in total. The molecule has 1 rings (SSSR count). The highest BCUT2D eigenvalue weighted by molar-refractivity contribution is 5.78. The van der Waals surface area contributed by atoms with Crippen molar-refractivity contribution in [1.82, 2.24) is 0 Å². The first-order valence-corrected chi connectivity index (χ1v) is 6.47. The van der Waals surface area contributed by atoms with E-state index in [1.165, 1.54) is 0 Å². The third-order valence-electron chi connectivity index (χ3n) is 3.01. The second-order valence-corrected chi connectivity index (χ2v) is 5.56. The van der Waals surface area contributed by atoms with Crippen LogP contribution < -0.4 is 0 Å². The van der Waals surface area contributed by atoms with Gasteiger partial charge in [0.1, 0.15) is 5.78 Å². The van der Waals surface area contributed by atoms with Crippen LogP contribution in [-0.2, 0) is 9.53 Å². The van der Waals surface area contributed by atoms with Crippen LogP contribution in [-0.4, -0.2) is 23.6 Å². The molecule has 0 radical (unpaired) electrons. The van der Waals surface area contributed by atoms with Crippen molar-refractivity contribution in [2.24, 2.45) is 5.41 Å². The molecule has 0 spiro atoms. The molecule has 0 aromatic heterocycles. The van der Waals surface area contributed by atoms with Gasteiger partial charge in [-0.15, -0.1) is 0 Å². The number of aliphatic hydroxyl groups is 1. The molecule has 3 heteroatoms. The summed E-state index contributed by atoms with van der Waals surface area (Å²) in [5.41, 5.74) is -0.0135. The second kappa shape index (κ2) is 6.20. The lowest BCUT2D eigenvalue weighted by atomic mass is 9.80. The van der Waals surface area contributed by atoms with Crippen LogP contribution in [0.4, 0.5) is 0 Å². The molecule has 1 aliphatic carbocycles. The topological polar surface area (TPSA) is 46.5 Å². The zero-order valence-electron chi connectivity index (χ0n) is 11.2. The maximum Gasteiger partial charge on any atom is 0.135 e. The van der Waals surface area contributed by atoms with Crippen molar-refractivity contribution < 1.29 is 14.6 Å². The summed E-state index contributed by atoms with van der Waals surface area (Å²) in [4.78, 5) is 11.3. The van der Waals surface area contributed by atoms with Gasteiger partial charge in [-0.1, -0.05) is 20.8 Å². The van der Waals surface area contributed by atoms with E-state index in [-0.39, 0.29) is 17.3 Å². The van der Waals surface area contributed by atoms with E-state index in [0.717, 1.165) is 12.8 Å². The van der Waals surface area contributed by atoms with Gasteiger partial charge in [-0.05, 0) is 24.3 Å². The van der Waals surface area contributed by atoms with Gasteiger partial charge >= 0.3 is 0 Å². The molecule has 0 saturated carbocycles. The van der Waals surface area contributed by atoms with Crippen molar-refractivity contribution in [1.29, 1.82) is 0 Å². The second-order valence-electron chi connectivity index (χ2n) is 5.56.